The minimum atomic E-state index is -5.27. The first-order valence-corrected chi connectivity index (χ1v) is 16.2. The van der Waals surface area contributed by atoms with Gasteiger partial charge in [0.2, 0.25) is 16.6 Å². The highest BCUT2D eigenvalue weighted by molar-refractivity contribution is 7.80. The predicted molar refractivity (Wildman–Crippen MR) is 164 cm³/mol. The minimum Gasteiger partial charge on any atom is -0.724 e. The van der Waals surface area contributed by atoms with E-state index in [-0.39, 0.29) is 10.8 Å². The number of nitrogens with one attached hydrogen (secondary N) is 1. The average molecular weight is 695 g/mol. The van der Waals surface area contributed by atoms with Crippen LogP contribution in [0.25, 0.3) is 11.1 Å². The summed E-state index contributed by atoms with van der Waals surface area (Å²) in [4.78, 5) is 47.4. The largest absolute Gasteiger partial charge is 0.724 e. The molecule has 3 aromatic rings. The number of nitrogen functional groups attached to an aromatic ring is 1. The van der Waals surface area contributed by atoms with Crippen molar-refractivity contribution >= 4 is 50.4 Å². The summed E-state index contributed by atoms with van der Waals surface area (Å²) in [5.74, 6) is -3.21. The third-order valence-corrected chi connectivity index (χ3v) is 8.21. The standard InChI is InChI=1S/C27H34N8O10S2/c1-26(2)21(23(37)35(26)45-47(40,41)42)31-22(36)20(19-14-46-25(29)30-19)32-44-27(3,24(38)39)15-43-18-8-6-16(7-9-18)17-12-33(4)34(13-17)11-5-10-28/h6-9,12-14,21H,5,10-11,15,28H2,1-4H3,(H4-,29,30,31,36,38,39,40,41,42)/b32-20-/t21-,27?/m1/s1. The predicted octanol–water partition coefficient (Wildman–Crippen LogP) is -0.492. The third-order valence-electron chi connectivity index (χ3n) is 7.20. The van der Waals surface area contributed by atoms with E-state index in [0.29, 0.717) is 17.4 Å². The molecule has 1 saturated heterocycles. The summed E-state index contributed by atoms with van der Waals surface area (Å²) >= 11 is 0.953. The van der Waals surface area contributed by atoms with Crippen molar-refractivity contribution < 1.29 is 51.0 Å². The topological polar surface area (TPSA) is 258 Å². The van der Waals surface area contributed by atoms with Gasteiger partial charge in [-0.15, -0.1) is 16.0 Å². The lowest BCUT2D eigenvalue weighted by Gasteiger charge is -2.51. The zero-order valence-corrected chi connectivity index (χ0v) is 27.4. The van der Waals surface area contributed by atoms with Crippen LogP contribution < -0.4 is 26.2 Å². The molecule has 18 nitrogen and oxygen atoms in total. The number of aryl methyl sites for hydroxylation is 2. The van der Waals surface area contributed by atoms with Gasteiger partial charge in [0.05, 0.1) is 23.8 Å². The molecule has 254 valence electrons. The fourth-order valence-electron chi connectivity index (χ4n) is 4.44. The lowest BCUT2D eigenvalue weighted by Crippen LogP contribution is -2.76. The summed E-state index contributed by atoms with van der Waals surface area (Å²) < 4.78 is 46.9. The highest BCUT2D eigenvalue weighted by Crippen LogP contribution is 2.33. The van der Waals surface area contributed by atoms with Gasteiger partial charge in [-0.1, -0.05) is 17.3 Å². The Labute approximate surface area is 273 Å². The Balaban J connectivity index is 1.49. The van der Waals surface area contributed by atoms with E-state index in [1.807, 2.05) is 40.9 Å². The second-order valence-electron chi connectivity index (χ2n) is 11.2. The van der Waals surface area contributed by atoms with Crippen LogP contribution in [0.15, 0.2) is 47.2 Å². The molecular formula is C27H34N8O10S2. The molecule has 1 unspecified atom stereocenters. The van der Waals surface area contributed by atoms with Crippen molar-refractivity contribution in [1.29, 1.82) is 0 Å². The first-order chi connectivity index (χ1) is 21.9. The number of carbonyl (C=O) groups excluding carboxylic acids is 2. The van der Waals surface area contributed by atoms with Gasteiger partial charge < -0.3 is 36.0 Å². The van der Waals surface area contributed by atoms with Crippen LogP contribution >= 0.6 is 11.3 Å². The molecule has 20 heteroatoms. The van der Waals surface area contributed by atoms with Crippen molar-refractivity contribution in [3.63, 3.8) is 0 Å². The summed E-state index contributed by atoms with van der Waals surface area (Å²) in [7, 11) is -3.35. The molecule has 1 aliphatic heterocycles. The number of carboxylic acids is 1. The summed E-state index contributed by atoms with van der Waals surface area (Å²) in [5.41, 5.74) is 8.96. The number of benzene rings is 1. The van der Waals surface area contributed by atoms with Crippen molar-refractivity contribution in [2.24, 2.45) is 17.9 Å². The van der Waals surface area contributed by atoms with E-state index in [1.54, 1.807) is 12.1 Å². The highest BCUT2D eigenvalue weighted by Gasteiger charge is 2.57. The van der Waals surface area contributed by atoms with E-state index in [9.17, 15) is 32.5 Å². The van der Waals surface area contributed by atoms with E-state index in [0.717, 1.165) is 35.4 Å². The molecule has 0 spiro atoms. The molecule has 0 aliphatic carbocycles. The number of hydrogen-bond acceptors (Lipinski definition) is 14. The number of carboxylic acid groups (broad SMARTS) is 1. The van der Waals surface area contributed by atoms with Gasteiger partial charge in [0.15, 0.2) is 17.9 Å². The van der Waals surface area contributed by atoms with E-state index in [1.165, 1.54) is 26.2 Å². The van der Waals surface area contributed by atoms with Crippen molar-refractivity contribution in [3.05, 3.63) is 47.7 Å². The van der Waals surface area contributed by atoms with Crippen molar-refractivity contribution in [3.8, 4) is 16.9 Å². The normalized spacial score (nSPS) is 17.5. The van der Waals surface area contributed by atoms with Crippen molar-refractivity contribution in [2.45, 2.75) is 50.9 Å². The number of aromatic nitrogens is 3. The fraction of sp³-hybridized carbons (Fsp3) is 0.407. The van der Waals surface area contributed by atoms with E-state index in [4.69, 9.17) is 21.0 Å². The third kappa shape index (κ3) is 8.03. The Hall–Kier alpha value is -4.63. The molecule has 1 aliphatic rings. The molecule has 1 aromatic carbocycles. The molecule has 0 saturated carbocycles. The zero-order chi connectivity index (χ0) is 34.7. The van der Waals surface area contributed by atoms with Gasteiger partial charge in [0, 0.05) is 5.38 Å². The van der Waals surface area contributed by atoms with Crippen molar-refractivity contribution in [1.82, 2.24) is 20.0 Å². The first kappa shape index (κ1) is 35.2. The van der Waals surface area contributed by atoms with Crippen LogP contribution in [0.1, 0.15) is 32.9 Å². The van der Waals surface area contributed by atoms with E-state index < -0.39 is 57.7 Å². The van der Waals surface area contributed by atoms with Crippen LogP contribution in [0.3, 0.4) is 0 Å². The molecule has 2 aromatic heterocycles. The summed E-state index contributed by atoms with van der Waals surface area (Å²) in [6, 6.07) is 5.59. The fourth-order valence-corrected chi connectivity index (χ4v) is 5.44. The van der Waals surface area contributed by atoms with Gasteiger partial charge in [0.25, 0.3) is 17.4 Å². The van der Waals surface area contributed by atoms with Gasteiger partial charge >= 0.3 is 5.97 Å². The number of amides is 2. The number of thiazole rings is 1. The van der Waals surface area contributed by atoms with Gasteiger partial charge in [-0.05, 0) is 51.4 Å². The van der Waals surface area contributed by atoms with Crippen molar-refractivity contribution in [2.75, 3.05) is 18.9 Å². The molecule has 1 fully saturated rings. The van der Waals surface area contributed by atoms with Crippen LogP contribution in [-0.4, -0.2) is 86.6 Å². The van der Waals surface area contributed by atoms with Crippen LogP contribution in [0.4, 0.5) is 5.13 Å². The highest BCUT2D eigenvalue weighted by atomic mass is 32.3. The number of β-lactam (4-membered cyclic amide) rings is 1. The monoisotopic (exact) mass is 694 g/mol. The number of oxime groups is 1. The lowest BCUT2D eigenvalue weighted by atomic mass is 9.84. The SMILES string of the molecule is C[n+]1cc(-c2ccc(OCC(C)(O/N=C(\C(=O)N[C@@H]3C(=O)N(OS(=O)(=O)[O-])C3(C)C)c3csc(N)n3)C(=O)O)cc2)cn1CCCN. The Morgan fingerprint density at radius 1 is 1.28 bits per heavy atom. The number of ether oxygens (including phenoxy) is 1. The minimum absolute atomic E-state index is 0.0504. The van der Waals surface area contributed by atoms with Crippen LogP contribution in [0, 0.1) is 0 Å². The number of hydroxylamine groups is 2. The molecule has 47 heavy (non-hydrogen) atoms. The number of carbonyl (C=O) groups is 3. The summed E-state index contributed by atoms with van der Waals surface area (Å²) in [5, 5.41) is 17.8. The number of anilines is 1. The number of aliphatic carboxylic acids is 1. The number of nitrogens with zero attached hydrogens (tertiary/aromatic N) is 5. The Morgan fingerprint density at radius 3 is 2.51 bits per heavy atom. The van der Waals surface area contributed by atoms with Gasteiger partial charge in [-0.3, -0.25) is 9.59 Å². The molecule has 2 amide bonds. The molecule has 4 rings (SSSR count). The zero-order valence-electron chi connectivity index (χ0n) is 25.8. The molecule has 0 bridgehead atoms. The quantitative estimate of drug-likeness (QED) is 0.0391. The maximum Gasteiger partial charge on any atom is 0.354 e. The number of rotatable bonds is 15. The molecule has 6 N–H and O–H groups in total. The Morgan fingerprint density at radius 2 is 1.96 bits per heavy atom. The number of hydrogen-bond donors (Lipinski definition) is 4. The van der Waals surface area contributed by atoms with Gasteiger partial charge in [0.1, 0.15) is 24.1 Å². The smallest absolute Gasteiger partial charge is 0.354 e. The second kappa shape index (κ2) is 13.6. The van der Waals surface area contributed by atoms with E-state index >= 15 is 0 Å². The summed E-state index contributed by atoms with van der Waals surface area (Å²) in [6.07, 6.45) is 4.79. The Bertz CT molecular complexity index is 1790. The molecule has 2 atom stereocenters. The molecule has 0 radical (unpaired) electrons. The maximum absolute atomic E-state index is 13.3. The van der Waals surface area contributed by atoms with E-state index in [2.05, 4.69) is 19.7 Å². The maximum atomic E-state index is 13.3. The van der Waals surface area contributed by atoms with Crippen LogP contribution in [0.2, 0.25) is 0 Å². The van der Waals surface area contributed by atoms with Gasteiger partial charge in [-0.25, -0.2) is 18.2 Å². The lowest BCUT2D eigenvalue weighted by molar-refractivity contribution is -0.753. The average Bonchev–Trinajstić information content (AvgIpc) is 3.60. The van der Waals surface area contributed by atoms with Gasteiger partial charge in [-0.2, -0.15) is 14.0 Å². The summed E-state index contributed by atoms with van der Waals surface area (Å²) in [6.45, 7) is 4.66. The second-order valence-corrected chi connectivity index (χ2v) is 13.1. The Kier molecular flexibility index (Phi) is 10.2. The molecule has 3 heterocycles. The van der Waals surface area contributed by atoms with Crippen LogP contribution in [-0.2, 0) is 47.5 Å². The number of nitrogens with two attached hydrogens (primary N) is 2. The molecular weight excluding hydrogens is 660 g/mol. The van der Waals surface area contributed by atoms with Crippen LogP contribution in [0.5, 0.6) is 5.75 Å². The first-order valence-electron chi connectivity index (χ1n) is 14.0.